The standard InChI is InChI=1S/C15H12ClNO/c16-13-6-7-14-12(8-13)10-17(15(14)18)9-11-4-2-1-3-5-11/h1-8,10,18H,9H2. The predicted molar refractivity (Wildman–Crippen MR) is 74.2 cm³/mol. The zero-order chi connectivity index (χ0) is 12.5. The number of benzene rings is 2. The molecule has 2 aromatic carbocycles. The fourth-order valence-electron chi connectivity index (χ4n) is 2.13. The molecule has 0 saturated carbocycles. The third-order valence-corrected chi connectivity index (χ3v) is 3.25. The molecule has 3 aromatic rings. The van der Waals surface area contributed by atoms with Crippen molar-refractivity contribution >= 4 is 22.4 Å². The Bertz CT molecular complexity index is 688. The molecule has 0 fully saturated rings. The third-order valence-electron chi connectivity index (χ3n) is 3.02. The number of hydrogen-bond acceptors (Lipinski definition) is 1. The van der Waals surface area contributed by atoms with Gasteiger partial charge in [0, 0.05) is 22.0 Å². The molecule has 0 aliphatic heterocycles. The maximum atomic E-state index is 10.2. The third kappa shape index (κ3) is 1.95. The van der Waals surface area contributed by atoms with Crippen molar-refractivity contribution in [3.63, 3.8) is 0 Å². The molecule has 0 saturated heterocycles. The van der Waals surface area contributed by atoms with Crippen molar-refractivity contribution in [2.45, 2.75) is 6.54 Å². The fourth-order valence-corrected chi connectivity index (χ4v) is 2.31. The quantitative estimate of drug-likeness (QED) is 0.736. The van der Waals surface area contributed by atoms with E-state index in [0.717, 1.165) is 16.3 Å². The van der Waals surface area contributed by atoms with Gasteiger partial charge < -0.3 is 9.67 Å². The molecule has 0 aliphatic carbocycles. The van der Waals surface area contributed by atoms with Crippen LogP contribution in [0.5, 0.6) is 5.88 Å². The number of halogens is 1. The summed E-state index contributed by atoms with van der Waals surface area (Å²) in [6.45, 7) is 0.652. The molecule has 1 N–H and O–H groups in total. The first-order chi connectivity index (χ1) is 8.74. The van der Waals surface area contributed by atoms with E-state index >= 15 is 0 Å². The van der Waals surface area contributed by atoms with Gasteiger partial charge in [0.05, 0.1) is 6.54 Å². The second kappa shape index (κ2) is 4.39. The molecule has 1 aromatic heterocycles. The molecule has 0 bridgehead atoms. The van der Waals surface area contributed by atoms with Crippen LogP contribution in [0.15, 0.2) is 54.7 Å². The normalized spacial score (nSPS) is 10.9. The van der Waals surface area contributed by atoms with Crippen LogP contribution in [0, 0.1) is 0 Å². The predicted octanol–water partition coefficient (Wildman–Crippen LogP) is 4.05. The van der Waals surface area contributed by atoms with Gasteiger partial charge in [0.2, 0.25) is 0 Å². The number of aromatic hydroxyl groups is 1. The first kappa shape index (κ1) is 11.2. The second-order valence-corrected chi connectivity index (χ2v) is 4.73. The summed E-state index contributed by atoms with van der Waals surface area (Å²) in [6, 6.07) is 15.5. The number of fused-ring (bicyclic) bond motifs is 1. The van der Waals surface area contributed by atoms with E-state index in [4.69, 9.17) is 11.6 Å². The Hall–Kier alpha value is -1.93. The van der Waals surface area contributed by atoms with Gasteiger partial charge in [-0.2, -0.15) is 0 Å². The zero-order valence-electron chi connectivity index (χ0n) is 9.68. The molecule has 0 amide bonds. The van der Waals surface area contributed by atoms with Gasteiger partial charge in [-0.05, 0) is 23.8 Å². The van der Waals surface area contributed by atoms with E-state index in [0.29, 0.717) is 11.6 Å². The van der Waals surface area contributed by atoms with Crippen molar-refractivity contribution in [3.8, 4) is 5.88 Å². The molecule has 0 spiro atoms. The van der Waals surface area contributed by atoms with Crippen molar-refractivity contribution in [1.29, 1.82) is 0 Å². The molecule has 0 unspecified atom stereocenters. The van der Waals surface area contributed by atoms with Crippen LogP contribution in [0.25, 0.3) is 10.8 Å². The first-order valence-electron chi connectivity index (χ1n) is 5.75. The lowest BCUT2D eigenvalue weighted by Gasteiger charge is -2.04. The summed E-state index contributed by atoms with van der Waals surface area (Å²) in [5.41, 5.74) is 1.15. The molecule has 0 radical (unpaired) electrons. The number of aromatic nitrogens is 1. The van der Waals surface area contributed by atoms with Crippen LogP contribution in [0.2, 0.25) is 5.02 Å². The number of nitrogens with zero attached hydrogens (tertiary/aromatic N) is 1. The molecule has 2 nitrogen and oxygen atoms in total. The topological polar surface area (TPSA) is 25.2 Å². The maximum Gasteiger partial charge on any atom is 0.199 e. The van der Waals surface area contributed by atoms with Crippen molar-refractivity contribution < 1.29 is 5.11 Å². The Kier molecular flexibility index (Phi) is 2.73. The van der Waals surface area contributed by atoms with Crippen LogP contribution >= 0.6 is 11.6 Å². The molecule has 3 heteroatoms. The number of rotatable bonds is 2. The first-order valence-corrected chi connectivity index (χ1v) is 6.13. The highest BCUT2D eigenvalue weighted by molar-refractivity contribution is 6.31. The lowest BCUT2D eigenvalue weighted by molar-refractivity contribution is 0.430. The van der Waals surface area contributed by atoms with E-state index in [2.05, 4.69) is 0 Å². The van der Waals surface area contributed by atoms with E-state index in [-0.39, 0.29) is 5.88 Å². The van der Waals surface area contributed by atoms with Crippen molar-refractivity contribution in [2.75, 3.05) is 0 Å². The Balaban J connectivity index is 2.05. The number of hydrogen-bond donors (Lipinski definition) is 1. The minimum Gasteiger partial charge on any atom is -0.494 e. The average Bonchev–Trinajstić information content (AvgIpc) is 2.67. The van der Waals surface area contributed by atoms with Gasteiger partial charge in [-0.15, -0.1) is 0 Å². The smallest absolute Gasteiger partial charge is 0.199 e. The van der Waals surface area contributed by atoms with E-state index in [1.54, 1.807) is 6.07 Å². The molecule has 0 atom stereocenters. The lowest BCUT2D eigenvalue weighted by atomic mass is 10.2. The molecule has 0 aliphatic rings. The highest BCUT2D eigenvalue weighted by atomic mass is 35.5. The molecular weight excluding hydrogens is 246 g/mol. The van der Waals surface area contributed by atoms with E-state index in [9.17, 15) is 5.11 Å². The molecular formula is C15H12ClNO. The summed E-state index contributed by atoms with van der Waals surface area (Å²) in [5.74, 6) is 0.283. The van der Waals surface area contributed by atoms with Crippen LogP contribution < -0.4 is 0 Å². The summed E-state index contributed by atoms with van der Waals surface area (Å²) in [6.07, 6.45) is 1.92. The lowest BCUT2D eigenvalue weighted by Crippen LogP contribution is -1.96. The summed E-state index contributed by atoms with van der Waals surface area (Å²) in [5, 5.41) is 12.6. The Morgan fingerprint density at radius 3 is 2.61 bits per heavy atom. The minimum absolute atomic E-state index is 0.283. The zero-order valence-corrected chi connectivity index (χ0v) is 10.4. The summed E-state index contributed by atoms with van der Waals surface area (Å²) in [7, 11) is 0. The summed E-state index contributed by atoms with van der Waals surface area (Å²) < 4.78 is 1.83. The van der Waals surface area contributed by atoms with Gasteiger partial charge in [0.25, 0.3) is 0 Å². The van der Waals surface area contributed by atoms with E-state index < -0.39 is 0 Å². The highest BCUT2D eigenvalue weighted by Gasteiger charge is 2.08. The monoisotopic (exact) mass is 257 g/mol. The molecule has 3 rings (SSSR count). The van der Waals surface area contributed by atoms with E-state index in [1.165, 1.54) is 0 Å². The molecule has 90 valence electrons. The van der Waals surface area contributed by atoms with Gasteiger partial charge in [0.1, 0.15) is 0 Å². The van der Waals surface area contributed by atoms with Crippen LogP contribution in [0.3, 0.4) is 0 Å². The Morgan fingerprint density at radius 1 is 1.06 bits per heavy atom. The van der Waals surface area contributed by atoms with Gasteiger partial charge in [-0.3, -0.25) is 0 Å². The van der Waals surface area contributed by atoms with Gasteiger partial charge >= 0.3 is 0 Å². The average molecular weight is 258 g/mol. The summed E-state index contributed by atoms with van der Waals surface area (Å²) in [4.78, 5) is 0. The van der Waals surface area contributed by atoms with Crippen LogP contribution in [0.4, 0.5) is 0 Å². The maximum absolute atomic E-state index is 10.2. The molecule has 18 heavy (non-hydrogen) atoms. The van der Waals surface area contributed by atoms with Crippen LogP contribution in [0.1, 0.15) is 5.56 Å². The van der Waals surface area contributed by atoms with Crippen molar-refractivity contribution in [1.82, 2.24) is 4.57 Å². The Morgan fingerprint density at radius 2 is 1.83 bits per heavy atom. The van der Waals surface area contributed by atoms with E-state index in [1.807, 2.05) is 53.2 Å². The SMILES string of the molecule is Oc1c2ccc(Cl)cc2cn1Cc1ccccc1. The molecule has 1 heterocycles. The fraction of sp³-hybridized carbons (Fsp3) is 0.0667. The minimum atomic E-state index is 0.283. The largest absolute Gasteiger partial charge is 0.494 e. The van der Waals surface area contributed by atoms with Gasteiger partial charge in [-0.1, -0.05) is 41.9 Å². The van der Waals surface area contributed by atoms with Gasteiger partial charge in [-0.25, -0.2) is 0 Å². The van der Waals surface area contributed by atoms with Crippen LogP contribution in [-0.4, -0.2) is 9.67 Å². The van der Waals surface area contributed by atoms with Crippen LogP contribution in [-0.2, 0) is 6.54 Å². The van der Waals surface area contributed by atoms with Gasteiger partial charge in [0.15, 0.2) is 5.88 Å². The Labute approximate surface area is 110 Å². The highest BCUT2D eigenvalue weighted by Crippen LogP contribution is 2.29. The van der Waals surface area contributed by atoms with Crippen molar-refractivity contribution in [3.05, 3.63) is 65.3 Å². The second-order valence-electron chi connectivity index (χ2n) is 4.30. The summed E-state index contributed by atoms with van der Waals surface area (Å²) >= 11 is 5.95. The van der Waals surface area contributed by atoms with Crippen molar-refractivity contribution in [2.24, 2.45) is 0 Å².